The Hall–Kier alpha value is -0.460. The molecular formula is C10H7Cl2. The van der Waals surface area contributed by atoms with Gasteiger partial charge < -0.3 is 0 Å². The smallest absolute Gasteiger partial charge is 0.0959 e. The van der Waals surface area contributed by atoms with Crippen molar-refractivity contribution >= 4 is 29.3 Å². The Morgan fingerprint density at radius 1 is 1.25 bits per heavy atom. The van der Waals surface area contributed by atoms with E-state index < -0.39 is 4.33 Å². The van der Waals surface area contributed by atoms with Gasteiger partial charge in [-0.3, -0.25) is 0 Å². The van der Waals surface area contributed by atoms with E-state index in [1.165, 1.54) is 5.56 Å². The molecule has 0 aromatic heterocycles. The van der Waals surface area contributed by atoms with Crippen molar-refractivity contribution in [1.82, 2.24) is 0 Å². The summed E-state index contributed by atoms with van der Waals surface area (Å²) in [7, 11) is 0. The van der Waals surface area contributed by atoms with E-state index in [0.717, 1.165) is 5.56 Å². The molecule has 1 radical (unpaired) electrons. The zero-order valence-electron chi connectivity index (χ0n) is 6.35. The van der Waals surface area contributed by atoms with Crippen LogP contribution < -0.4 is 0 Å². The maximum absolute atomic E-state index is 5.92. The molecule has 1 aromatic rings. The number of allylic oxidation sites excluding steroid dienone is 1. The molecule has 1 aliphatic carbocycles. The summed E-state index contributed by atoms with van der Waals surface area (Å²) in [6.45, 7) is 0. The van der Waals surface area contributed by atoms with E-state index in [-0.39, 0.29) is 0 Å². The van der Waals surface area contributed by atoms with Crippen molar-refractivity contribution in [3.63, 3.8) is 0 Å². The predicted molar refractivity (Wildman–Crippen MR) is 52.3 cm³/mol. The van der Waals surface area contributed by atoms with Crippen molar-refractivity contribution in [2.45, 2.75) is 10.8 Å². The second-order valence-corrected chi connectivity index (χ2v) is 4.35. The standard InChI is InChI=1S/C10H7Cl2/c11-10(12)6-5-8-3-1-2-4-9(8)7-10/h1-5H,7H2. The Morgan fingerprint density at radius 2 is 2.00 bits per heavy atom. The van der Waals surface area contributed by atoms with Crippen LogP contribution in [0.5, 0.6) is 0 Å². The molecule has 2 rings (SSSR count). The van der Waals surface area contributed by atoms with Crippen molar-refractivity contribution in [2.75, 3.05) is 0 Å². The normalized spacial score (nSPS) is 18.8. The van der Waals surface area contributed by atoms with Gasteiger partial charge in [-0.05, 0) is 23.3 Å². The molecule has 1 aliphatic rings. The first-order valence-corrected chi connectivity index (χ1v) is 4.50. The quantitative estimate of drug-likeness (QED) is 0.561. The third kappa shape index (κ3) is 1.50. The van der Waals surface area contributed by atoms with Gasteiger partial charge in [0.2, 0.25) is 0 Å². The minimum atomic E-state index is -0.839. The van der Waals surface area contributed by atoms with Crippen molar-refractivity contribution in [2.24, 2.45) is 0 Å². The van der Waals surface area contributed by atoms with E-state index in [2.05, 4.69) is 6.08 Å². The average molecular weight is 198 g/mol. The van der Waals surface area contributed by atoms with Gasteiger partial charge in [0, 0.05) is 6.42 Å². The highest BCUT2D eigenvalue weighted by atomic mass is 35.5. The number of fused-ring (bicyclic) bond motifs is 1. The van der Waals surface area contributed by atoms with E-state index in [1.54, 1.807) is 0 Å². The van der Waals surface area contributed by atoms with Crippen LogP contribution in [0.3, 0.4) is 0 Å². The van der Waals surface area contributed by atoms with Crippen LogP contribution in [0.15, 0.2) is 24.3 Å². The molecular weight excluding hydrogens is 191 g/mol. The Balaban J connectivity index is 2.46. The lowest BCUT2D eigenvalue weighted by atomic mass is 9.97. The third-order valence-corrected chi connectivity index (χ3v) is 2.39. The predicted octanol–water partition coefficient (Wildman–Crippen LogP) is 3.23. The van der Waals surface area contributed by atoms with Gasteiger partial charge in [0.15, 0.2) is 0 Å². The van der Waals surface area contributed by atoms with Crippen molar-refractivity contribution in [3.8, 4) is 0 Å². The third-order valence-electron chi connectivity index (χ3n) is 1.91. The van der Waals surface area contributed by atoms with Crippen LogP contribution in [0.4, 0.5) is 0 Å². The molecule has 1 aromatic carbocycles. The minimum absolute atomic E-state index is 0.642. The molecule has 12 heavy (non-hydrogen) atoms. The lowest BCUT2D eigenvalue weighted by Crippen LogP contribution is -2.17. The van der Waals surface area contributed by atoms with Crippen LogP contribution in [0.25, 0.3) is 6.08 Å². The van der Waals surface area contributed by atoms with Crippen molar-refractivity contribution in [1.29, 1.82) is 0 Å². The van der Waals surface area contributed by atoms with E-state index in [1.807, 2.05) is 30.3 Å². The summed E-state index contributed by atoms with van der Waals surface area (Å²) in [5.41, 5.74) is 2.34. The van der Waals surface area contributed by atoms with Crippen LogP contribution in [0, 0.1) is 6.08 Å². The van der Waals surface area contributed by atoms with E-state index in [0.29, 0.717) is 6.42 Å². The molecule has 0 fully saturated rings. The fourth-order valence-electron chi connectivity index (χ4n) is 1.31. The van der Waals surface area contributed by atoms with Gasteiger partial charge in [0.25, 0.3) is 0 Å². The molecule has 0 spiro atoms. The van der Waals surface area contributed by atoms with Gasteiger partial charge in [0.1, 0.15) is 4.33 Å². The summed E-state index contributed by atoms with van der Waals surface area (Å²) in [6.07, 6.45) is 5.41. The molecule has 61 valence electrons. The molecule has 2 heteroatoms. The molecule has 0 heterocycles. The van der Waals surface area contributed by atoms with Gasteiger partial charge in [-0.25, -0.2) is 0 Å². The first kappa shape index (κ1) is 8.15. The highest BCUT2D eigenvalue weighted by molar-refractivity contribution is 6.49. The summed E-state index contributed by atoms with van der Waals surface area (Å²) >= 11 is 11.8. The summed E-state index contributed by atoms with van der Waals surface area (Å²) in [5, 5.41) is 0. The first-order valence-electron chi connectivity index (χ1n) is 3.74. The zero-order chi connectivity index (χ0) is 8.60. The zero-order valence-corrected chi connectivity index (χ0v) is 7.86. The Bertz CT molecular complexity index is 326. The van der Waals surface area contributed by atoms with Crippen LogP contribution in [-0.2, 0) is 6.42 Å². The minimum Gasteiger partial charge on any atom is -0.0959 e. The van der Waals surface area contributed by atoms with Gasteiger partial charge in [0.05, 0.1) is 0 Å². The lowest BCUT2D eigenvalue weighted by Gasteiger charge is -2.20. The van der Waals surface area contributed by atoms with Crippen molar-refractivity contribution in [3.05, 3.63) is 41.5 Å². The summed E-state index contributed by atoms with van der Waals surface area (Å²) in [4.78, 5) is 0. The molecule has 0 bridgehead atoms. The van der Waals surface area contributed by atoms with Crippen LogP contribution in [-0.4, -0.2) is 4.33 Å². The summed E-state index contributed by atoms with van der Waals surface area (Å²) in [6, 6.07) is 8.05. The van der Waals surface area contributed by atoms with Gasteiger partial charge >= 0.3 is 0 Å². The second kappa shape index (κ2) is 2.79. The SMILES string of the molecule is ClC1(Cl)[C]=Cc2ccccc2C1. The molecule has 0 saturated heterocycles. The summed E-state index contributed by atoms with van der Waals surface area (Å²) in [5.74, 6) is 0. The number of alkyl halides is 2. The van der Waals surface area contributed by atoms with Gasteiger partial charge in [-0.1, -0.05) is 47.5 Å². The molecule has 0 atom stereocenters. The summed E-state index contributed by atoms with van der Waals surface area (Å²) < 4.78 is -0.839. The maximum Gasteiger partial charge on any atom is 0.147 e. The largest absolute Gasteiger partial charge is 0.147 e. The Morgan fingerprint density at radius 3 is 2.83 bits per heavy atom. The highest BCUT2D eigenvalue weighted by Crippen LogP contribution is 2.33. The molecule has 0 saturated carbocycles. The van der Waals surface area contributed by atoms with E-state index in [9.17, 15) is 0 Å². The van der Waals surface area contributed by atoms with E-state index >= 15 is 0 Å². The van der Waals surface area contributed by atoms with Gasteiger partial charge in [-0.2, -0.15) is 0 Å². The monoisotopic (exact) mass is 197 g/mol. The topological polar surface area (TPSA) is 0 Å². The second-order valence-electron chi connectivity index (χ2n) is 2.87. The van der Waals surface area contributed by atoms with Crippen molar-refractivity contribution < 1.29 is 0 Å². The number of halogens is 2. The fraction of sp³-hybridized carbons (Fsp3) is 0.200. The van der Waals surface area contributed by atoms with E-state index in [4.69, 9.17) is 23.2 Å². The highest BCUT2D eigenvalue weighted by Gasteiger charge is 2.25. The molecule has 0 N–H and O–H groups in total. The van der Waals surface area contributed by atoms with Crippen LogP contribution in [0.2, 0.25) is 0 Å². The molecule has 0 nitrogen and oxygen atoms in total. The lowest BCUT2D eigenvalue weighted by molar-refractivity contribution is 0.900. The number of hydrogen-bond donors (Lipinski definition) is 0. The maximum atomic E-state index is 5.92. The fourth-order valence-corrected chi connectivity index (χ4v) is 1.71. The van der Waals surface area contributed by atoms with Gasteiger partial charge in [-0.15, -0.1) is 0 Å². The molecule has 0 unspecified atom stereocenters. The van der Waals surface area contributed by atoms with Crippen LogP contribution in [0.1, 0.15) is 11.1 Å². The first-order chi connectivity index (χ1) is 5.67. The Kier molecular flexibility index (Phi) is 1.90. The average Bonchev–Trinajstić information content (AvgIpc) is 2.02. The molecule has 0 aliphatic heterocycles. The number of hydrogen-bond acceptors (Lipinski definition) is 0. The van der Waals surface area contributed by atoms with Crippen LogP contribution >= 0.6 is 23.2 Å². The molecule has 0 amide bonds. The number of rotatable bonds is 0. The Labute approximate surface area is 81.8 Å². The number of benzene rings is 1.